The minimum absolute atomic E-state index is 0.0421. The van der Waals surface area contributed by atoms with Crippen molar-refractivity contribution in [2.75, 3.05) is 0 Å². The molecule has 0 radical (unpaired) electrons. The quantitative estimate of drug-likeness (QED) is 0.161. The maximum atomic E-state index is 11.6. The van der Waals surface area contributed by atoms with E-state index in [0.29, 0.717) is 24.3 Å². The van der Waals surface area contributed by atoms with Crippen molar-refractivity contribution in [3.8, 4) is 0 Å². The van der Waals surface area contributed by atoms with Crippen LogP contribution in [0.25, 0.3) is 0 Å². The van der Waals surface area contributed by atoms with Gasteiger partial charge < -0.3 is 4.57 Å². The van der Waals surface area contributed by atoms with E-state index in [-0.39, 0.29) is 11.7 Å². The number of aromatic nitrogens is 3. The number of rotatable bonds is 9. The second-order valence-corrected chi connectivity index (χ2v) is 13.4. The third kappa shape index (κ3) is 11.4. The number of nitrogens with zero attached hydrogens (tertiary/aromatic N) is 5. The lowest BCUT2D eigenvalue weighted by atomic mass is 10.0. The maximum Gasteiger partial charge on any atom is 0.250 e. The van der Waals surface area contributed by atoms with Gasteiger partial charge in [-0.3, -0.25) is 19.5 Å². The van der Waals surface area contributed by atoms with Gasteiger partial charge in [-0.2, -0.15) is 5.10 Å². The predicted molar refractivity (Wildman–Crippen MR) is 202 cm³/mol. The molecule has 6 heteroatoms. The van der Waals surface area contributed by atoms with Crippen molar-refractivity contribution in [1.29, 1.82) is 0 Å². The normalized spacial score (nSPS) is 12.3. The predicted octanol–water partition coefficient (Wildman–Crippen LogP) is 9.22. The molecule has 3 aromatic carbocycles. The van der Waals surface area contributed by atoms with Crippen LogP contribution in [0, 0.1) is 6.92 Å². The molecule has 0 unspecified atom stereocenters. The minimum atomic E-state index is 0.0421. The van der Waals surface area contributed by atoms with Crippen LogP contribution in [0.3, 0.4) is 0 Å². The molecule has 0 spiro atoms. The Kier molecular flexibility index (Phi) is 13.4. The van der Waals surface area contributed by atoms with Crippen molar-refractivity contribution in [3.63, 3.8) is 0 Å². The highest BCUT2D eigenvalue weighted by atomic mass is 16.1. The Morgan fingerprint density at radius 2 is 1.10 bits per heavy atom. The van der Waals surface area contributed by atoms with E-state index in [1.807, 2.05) is 23.1 Å². The van der Waals surface area contributed by atoms with Crippen LogP contribution in [-0.4, -0.2) is 32.9 Å². The summed E-state index contributed by atoms with van der Waals surface area (Å²) >= 11 is 0. The van der Waals surface area contributed by atoms with Crippen molar-refractivity contribution in [1.82, 2.24) is 14.3 Å². The fourth-order valence-corrected chi connectivity index (χ4v) is 5.21. The summed E-state index contributed by atoms with van der Waals surface area (Å²) < 4.78 is 3.68. The van der Waals surface area contributed by atoms with Crippen LogP contribution in [0.5, 0.6) is 0 Å². The monoisotopic (exact) mass is 641 g/mol. The Labute approximate surface area is 286 Å². The molecular weight excluding hydrogens is 590 g/mol. The highest BCUT2D eigenvalue weighted by Gasteiger charge is 2.07. The topological polar surface area (TPSA) is 64.5 Å². The third-order valence-electron chi connectivity index (χ3n) is 8.30. The summed E-state index contributed by atoms with van der Waals surface area (Å²) in [6, 6.07) is 31.2. The van der Waals surface area contributed by atoms with Crippen molar-refractivity contribution in [2.45, 2.75) is 91.9 Å². The van der Waals surface area contributed by atoms with Crippen LogP contribution in [0.2, 0.25) is 0 Å². The van der Waals surface area contributed by atoms with Gasteiger partial charge in [0.2, 0.25) is 0 Å². The molecule has 0 saturated carbocycles. The zero-order chi connectivity index (χ0) is 34.5. The Bertz CT molecular complexity index is 1780. The van der Waals surface area contributed by atoms with Gasteiger partial charge in [0.15, 0.2) is 0 Å². The Hall–Kier alpha value is -4.84. The van der Waals surface area contributed by atoms with Gasteiger partial charge >= 0.3 is 0 Å². The molecule has 0 aliphatic carbocycles. The summed E-state index contributed by atoms with van der Waals surface area (Å²) in [6.07, 6.45) is 10.3. The summed E-state index contributed by atoms with van der Waals surface area (Å²) in [5.41, 5.74) is 9.11. The van der Waals surface area contributed by atoms with Crippen LogP contribution in [0.4, 0.5) is 0 Å². The van der Waals surface area contributed by atoms with Crippen LogP contribution in [-0.2, 0) is 19.5 Å². The lowest BCUT2D eigenvalue weighted by molar-refractivity contribution is 0.686. The van der Waals surface area contributed by atoms with Gasteiger partial charge in [-0.05, 0) is 69.7 Å². The van der Waals surface area contributed by atoms with Gasteiger partial charge in [-0.1, -0.05) is 120 Å². The molecule has 0 bridgehead atoms. The zero-order valence-electron chi connectivity index (χ0n) is 29.6. The third-order valence-corrected chi connectivity index (χ3v) is 8.30. The van der Waals surface area contributed by atoms with E-state index in [4.69, 9.17) is 0 Å². The van der Waals surface area contributed by atoms with E-state index in [1.165, 1.54) is 33.4 Å². The van der Waals surface area contributed by atoms with E-state index in [2.05, 4.69) is 143 Å². The first kappa shape index (κ1) is 36.0. The van der Waals surface area contributed by atoms with Crippen molar-refractivity contribution in [3.05, 3.63) is 159 Å². The molecule has 6 rings (SSSR count). The second kappa shape index (κ2) is 17.9. The minimum Gasteiger partial charge on any atom is -0.311 e. The average Bonchev–Trinajstić information content (AvgIpc) is 3.75. The lowest BCUT2D eigenvalue weighted by Crippen LogP contribution is -2.18. The second-order valence-electron chi connectivity index (χ2n) is 13.4. The Morgan fingerprint density at radius 1 is 0.625 bits per heavy atom. The van der Waals surface area contributed by atoms with E-state index >= 15 is 0 Å². The number of hydrogen-bond acceptors (Lipinski definition) is 4. The van der Waals surface area contributed by atoms with Gasteiger partial charge in [-0.25, -0.2) is 0 Å². The van der Waals surface area contributed by atoms with Crippen LogP contribution >= 0.6 is 0 Å². The van der Waals surface area contributed by atoms with Crippen molar-refractivity contribution >= 4 is 12.4 Å². The number of aryl methyl sites for hydroxylation is 1. The van der Waals surface area contributed by atoms with Gasteiger partial charge in [0.1, 0.15) is 6.17 Å². The van der Waals surface area contributed by atoms with Crippen LogP contribution in [0.15, 0.2) is 124 Å². The van der Waals surface area contributed by atoms with Gasteiger partial charge in [-0.15, -0.1) is 0 Å². The van der Waals surface area contributed by atoms with Crippen molar-refractivity contribution in [2.24, 2.45) is 9.98 Å². The first-order valence-corrected chi connectivity index (χ1v) is 17.0. The molecule has 6 nitrogen and oxygen atoms in total. The summed E-state index contributed by atoms with van der Waals surface area (Å²) in [7, 11) is 0. The first-order chi connectivity index (χ1) is 23.1. The zero-order valence-corrected chi connectivity index (χ0v) is 29.6. The summed E-state index contributed by atoms with van der Waals surface area (Å²) in [4.78, 5) is 20.0. The summed E-state index contributed by atoms with van der Waals surface area (Å²) in [6.45, 7) is 16.8. The van der Waals surface area contributed by atoms with Gasteiger partial charge in [0, 0.05) is 37.3 Å². The standard InChI is InChI=1S/C15H17NO.C14H18N2.C13H16N2/c1-12(2)14-8-6-13(7-9-14)11-16-10-4-3-5-15(16)17;1-11(2)14-6-4-13(5-7-14)10-16-9-12(3)8-15-16;1-10(2)12-5-3-11(4-6-12)9-13-14-7-8-15-13/h3-10,12H,11H2,1-2H3;4-9,11H,10H2,1-3H3;3-8,10,13H,9H2,1-2H3. The number of hydrogen-bond donors (Lipinski definition) is 0. The molecule has 250 valence electrons. The van der Waals surface area contributed by atoms with Crippen molar-refractivity contribution < 1.29 is 0 Å². The van der Waals surface area contributed by atoms with E-state index in [1.54, 1.807) is 29.1 Å². The lowest BCUT2D eigenvalue weighted by Gasteiger charge is -2.08. The maximum absolute atomic E-state index is 11.6. The van der Waals surface area contributed by atoms with E-state index in [0.717, 1.165) is 18.5 Å². The molecule has 0 saturated heterocycles. The Morgan fingerprint density at radius 3 is 1.54 bits per heavy atom. The highest BCUT2D eigenvalue weighted by molar-refractivity contribution is 6.17. The SMILES string of the molecule is CC(C)c1ccc(CC2N=CC=N2)cc1.CC(C)c1ccc(Cn2ccccc2=O)cc1.Cc1cnn(Cc2ccc(C(C)C)cc2)c1. The molecule has 5 aromatic rings. The van der Waals surface area contributed by atoms with E-state index in [9.17, 15) is 4.79 Å². The average molecular weight is 642 g/mol. The molecule has 3 heterocycles. The largest absolute Gasteiger partial charge is 0.311 e. The fourth-order valence-electron chi connectivity index (χ4n) is 5.21. The molecule has 0 amide bonds. The molecule has 0 fully saturated rings. The van der Waals surface area contributed by atoms with Gasteiger partial charge in [0.05, 0.1) is 19.3 Å². The molecule has 0 N–H and O–H groups in total. The summed E-state index contributed by atoms with van der Waals surface area (Å²) in [5, 5.41) is 4.29. The molecule has 1 aliphatic rings. The molecule has 0 atom stereocenters. The number of pyridine rings is 1. The molecular formula is C42H51N5O. The van der Waals surface area contributed by atoms with E-state index < -0.39 is 0 Å². The van der Waals surface area contributed by atoms with Crippen LogP contribution < -0.4 is 5.56 Å². The Balaban J connectivity index is 0.000000163. The van der Waals surface area contributed by atoms with Gasteiger partial charge in [0.25, 0.3) is 5.56 Å². The molecule has 1 aliphatic heterocycles. The number of benzene rings is 3. The highest BCUT2D eigenvalue weighted by Crippen LogP contribution is 2.18. The smallest absolute Gasteiger partial charge is 0.250 e. The summed E-state index contributed by atoms with van der Waals surface area (Å²) in [5.74, 6) is 1.74. The number of aliphatic imine (C=N–C) groups is 2. The van der Waals surface area contributed by atoms with Crippen LogP contribution in [0.1, 0.15) is 98.2 Å². The fraction of sp³-hybridized carbons (Fsp3) is 0.333. The molecule has 2 aromatic heterocycles. The molecule has 48 heavy (non-hydrogen) atoms. The first-order valence-electron chi connectivity index (χ1n) is 17.0.